The minimum absolute atomic E-state index is 0.114. The van der Waals surface area contributed by atoms with Gasteiger partial charge in [-0.25, -0.2) is 0 Å². The molecule has 4 heteroatoms. The number of nitrogens with one attached hydrogen (secondary N) is 1. The van der Waals surface area contributed by atoms with E-state index in [1.54, 1.807) is 0 Å². The third-order valence-electron chi connectivity index (χ3n) is 3.87. The Morgan fingerprint density at radius 2 is 2.05 bits per heavy atom. The highest BCUT2D eigenvalue weighted by molar-refractivity contribution is 9.10. The zero-order valence-corrected chi connectivity index (χ0v) is 13.9. The van der Waals surface area contributed by atoms with Crippen molar-refractivity contribution in [2.24, 2.45) is 0 Å². The molecule has 20 heavy (non-hydrogen) atoms. The van der Waals surface area contributed by atoms with Crippen molar-refractivity contribution in [1.29, 1.82) is 0 Å². The quantitative estimate of drug-likeness (QED) is 0.913. The summed E-state index contributed by atoms with van der Waals surface area (Å²) in [6, 6.07) is 6.18. The van der Waals surface area contributed by atoms with Crippen LogP contribution >= 0.6 is 15.9 Å². The Kier molecular flexibility index (Phi) is 5.61. The lowest BCUT2D eigenvalue weighted by atomic mass is 10.1. The Balaban J connectivity index is 1.85. The van der Waals surface area contributed by atoms with Crippen LogP contribution in [0.4, 0.5) is 0 Å². The van der Waals surface area contributed by atoms with E-state index in [9.17, 15) is 4.79 Å². The third-order valence-corrected chi connectivity index (χ3v) is 4.76. The summed E-state index contributed by atoms with van der Waals surface area (Å²) >= 11 is 3.50. The molecule has 110 valence electrons. The molecule has 0 aromatic heterocycles. The molecule has 1 aliphatic heterocycles. The summed E-state index contributed by atoms with van der Waals surface area (Å²) in [5, 5.41) is 3.34. The first kappa shape index (κ1) is 15.5. The third kappa shape index (κ3) is 4.06. The van der Waals surface area contributed by atoms with Crippen LogP contribution in [0.15, 0.2) is 22.7 Å². The molecule has 1 aromatic rings. The highest BCUT2D eigenvalue weighted by Gasteiger charge is 2.21. The first-order valence-electron chi connectivity index (χ1n) is 7.35. The van der Waals surface area contributed by atoms with Crippen LogP contribution in [0.1, 0.15) is 37.3 Å². The topological polar surface area (TPSA) is 32.3 Å². The maximum atomic E-state index is 12.3. The van der Waals surface area contributed by atoms with Crippen LogP contribution in [0.5, 0.6) is 0 Å². The molecule has 0 spiro atoms. The fraction of sp³-hybridized carbons (Fsp3) is 0.562. The summed E-state index contributed by atoms with van der Waals surface area (Å²) in [5.74, 6) is 0.235. The summed E-state index contributed by atoms with van der Waals surface area (Å²) in [6.07, 6.45) is 3.54. The minimum atomic E-state index is -0.114. The van der Waals surface area contributed by atoms with Crippen LogP contribution in [0.2, 0.25) is 0 Å². The number of amides is 1. The van der Waals surface area contributed by atoms with Crippen molar-refractivity contribution >= 4 is 21.8 Å². The summed E-state index contributed by atoms with van der Waals surface area (Å²) < 4.78 is 1.12. The van der Waals surface area contributed by atoms with Gasteiger partial charge in [0.1, 0.15) is 0 Å². The zero-order valence-electron chi connectivity index (χ0n) is 12.3. The molecule has 0 bridgehead atoms. The molecule has 3 nitrogen and oxygen atoms in total. The highest BCUT2D eigenvalue weighted by Crippen LogP contribution is 2.17. The maximum Gasteiger partial charge on any atom is 0.239 e. The van der Waals surface area contributed by atoms with Crippen LogP contribution < -0.4 is 5.32 Å². The Hall–Kier alpha value is -0.870. The molecule has 0 aliphatic carbocycles. The first-order valence-corrected chi connectivity index (χ1v) is 8.14. The van der Waals surface area contributed by atoms with Gasteiger partial charge in [-0.3, -0.25) is 4.79 Å². The van der Waals surface area contributed by atoms with E-state index < -0.39 is 0 Å². The van der Waals surface area contributed by atoms with Crippen LogP contribution in [0, 0.1) is 6.92 Å². The van der Waals surface area contributed by atoms with Gasteiger partial charge in [-0.15, -0.1) is 0 Å². The Bertz CT molecular complexity index is 470. The molecule has 0 saturated carbocycles. The van der Waals surface area contributed by atoms with Crippen molar-refractivity contribution in [3.8, 4) is 0 Å². The fourth-order valence-corrected chi connectivity index (χ4v) is 2.81. The van der Waals surface area contributed by atoms with E-state index in [0.29, 0.717) is 0 Å². The standard InChI is InChI=1S/C16H23BrN2O/c1-12-10-14(6-7-15(12)17)11-18-13(2)16(20)19-8-4-3-5-9-19/h6-7,10,13,18H,3-5,8-9,11H2,1-2H3. The summed E-state index contributed by atoms with van der Waals surface area (Å²) in [4.78, 5) is 14.3. The second-order valence-corrected chi connectivity index (χ2v) is 6.43. The average Bonchev–Trinajstić information content (AvgIpc) is 2.48. The van der Waals surface area contributed by atoms with Gasteiger partial charge in [-0.05, 0) is 50.3 Å². The number of aryl methyl sites for hydroxylation is 1. The predicted molar refractivity (Wildman–Crippen MR) is 85.6 cm³/mol. The van der Waals surface area contributed by atoms with Gasteiger partial charge in [0.05, 0.1) is 6.04 Å². The molecule has 1 atom stereocenters. The van der Waals surface area contributed by atoms with Crippen molar-refractivity contribution in [2.45, 2.75) is 45.7 Å². The average molecular weight is 339 g/mol. The number of benzene rings is 1. The number of hydrogen-bond acceptors (Lipinski definition) is 2. The van der Waals surface area contributed by atoms with Crippen LogP contribution in [0.25, 0.3) is 0 Å². The fourth-order valence-electron chi connectivity index (χ4n) is 2.56. The maximum absolute atomic E-state index is 12.3. The van der Waals surface area contributed by atoms with E-state index in [1.165, 1.54) is 17.5 Å². The smallest absolute Gasteiger partial charge is 0.239 e. The van der Waals surface area contributed by atoms with Gasteiger partial charge in [-0.2, -0.15) is 0 Å². The van der Waals surface area contributed by atoms with E-state index in [0.717, 1.165) is 36.9 Å². The molecule has 1 aliphatic rings. The van der Waals surface area contributed by atoms with E-state index in [2.05, 4.69) is 46.4 Å². The van der Waals surface area contributed by atoms with Gasteiger partial charge in [-0.1, -0.05) is 28.1 Å². The molecule has 1 amide bonds. The van der Waals surface area contributed by atoms with Crippen LogP contribution in [0.3, 0.4) is 0 Å². The Labute approximate surface area is 129 Å². The Morgan fingerprint density at radius 1 is 1.35 bits per heavy atom. The van der Waals surface area contributed by atoms with E-state index in [-0.39, 0.29) is 11.9 Å². The van der Waals surface area contributed by atoms with Gasteiger partial charge in [0.2, 0.25) is 5.91 Å². The monoisotopic (exact) mass is 338 g/mol. The number of carbonyl (C=O) groups is 1. The van der Waals surface area contributed by atoms with Gasteiger partial charge in [0.15, 0.2) is 0 Å². The number of nitrogens with zero attached hydrogens (tertiary/aromatic N) is 1. The Morgan fingerprint density at radius 3 is 2.70 bits per heavy atom. The summed E-state index contributed by atoms with van der Waals surface area (Å²) in [5.41, 5.74) is 2.43. The minimum Gasteiger partial charge on any atom is -0.341 e. The van der Waals surface area contributed by atoms with Crippen molar-refractivity contribution in [1.82, 2.24) is 10.2 Å². The molecule has 1 heterocycles. The molecule has 0 radical (unpaired) electrons. The number of piperidine rings is 1. The molecule has 1 N–H and O–H groups in total. The largest absolute Gasteiger partial charge is 0.341 e. The normalized spacial score (nSPS) is 17.1. The second kappa shape index (κ2) is 7.23. The lowest BCUT2D eigenvalue weighted by Gasteiger charge is -2.29. The SMILES string of the molecule is Cc1cc(CNC(C)C(=O)N2CCCCC2)ccc1Br. The lowest BCUT2D eigenvalue weighted by Crippen LogP contribution is -2.46. The molecule has 1 saturated heterocycles. The van der Waals surface area contributed by atoms with Crippen molar-refractivity contribution in [2.75, 3.05) is 13.1 Å². The number of halogens is 1. The van der Waals surface area contributed by atoms with Gasteiger partial charge in [0.25, 0.3) is 0 Å². The lowest BCUT2D eigenvalue weighted by molar-refractivity contribution is -0.133. The predicted octanol–water partition coefficient (Wildman–Crippen LogP) is 3.25. The van der Waals surface area contributed by atoms with Crippen LogP contribution in [-0.2, 0) is 11.3 Å². The number of hydrogen-bond donors (Lipinski definition) is 1. The zero-order chi connectivity index (χ0) is 14.5. The van der Waals surface area contributed by atoms with Crippen molar-refractivity contribution < 1.29 is 4.79 Å². The second-order valence-electron chi connectivity index (χ2n) is 5.57. The van der Waals surface area contributed by atoms with E-state index >= 15 is 0 Å². The molecular formula is C16H23BrN2O. The molecular weight excluding hydrogens is 316 g/mol. The van der Waals surface area contributed by atoms with Gasteiger partial charge in [0, 0.05) is 24.1 Å². The first-order chi connectivity index (χ1) is 9.58. The number of carbonyl (C=O) groups excluding carboxylic acids is 1. The van der Waals surface area contributed by atoms with Crippen LogP contribution in [-0.4, -0.2) is 29.9 Å². The van der Waals surface area contributed by atoms with E-state index in [4.69, 9.17) is 0 Å². The van der Waals surface area contributed by atoms with Crippen molar-refractivity contribution in [3.63, 3.8) is 0 Å². The van der Waals surface area contributed by atoms with Crippen molar-refractivity contribution in [3.05, 3.63) is 33.8 Å². The summed E-state index contributed by atoms with van der Waals surface area (Å²) in [6.45, 7) is 6.61. The number of likely N-dealkylation sites (tertiary alicyclic amines) is 1. The highest BCUT2D eigenvalue weighted by atomic mass is 79.9. The number of rotatable bonds is 4. The summed E-state index contributed by atoms with van der Waals surface area (Å²) in [7, 11) is 0. The molecule has 1 fully saturated rings. The van der Waals surface area contributed by atoms with Gasteiger partial charge < -0.3 is 10.2 Å². The van der Waals surface area contributed by atoms with Gasteiger partial charge >= 0.3 is 0 Å². The molecule has 1 unspecified atom stereocenters. The molecule has 1 aromatic carbocycles. The van der Waals surface area contributed by atoms with E-state index in [1.807, 2.05) is 11.8 Å². The molecule has 2 rings (SSSR count).